The molecule has 4 heteroatoms. The second-order valence-electron chi connectivity index (χ2n) is 4.70. The molecule has 0 saturated heterocycles. The van der Waals surface area contributed by atoms with Crippen molar-refractivity contribution in [1.82, 2.24) is 15.1 Å². The highest BCUT2D eigenvalue weighted by molar-refractivity contribution is 5.06. The van der Waals surface area contributed by atoms with Crippen LogP contribution >= 0.6 is 0 Å². The van der Waals surface area contributed by atoms with Crippen molar-refractivity contribution in [2.75, 3.05) is 6.54 Å². The fourth-order valence-corrected chi connectivity index (χ4v) is 2.09. The summed E-state index contributed by atoms with van der Waals surface area (Å²) in [5.74, 6) is 0.987. The van der Waals surface area contributed by atoms with Crippen molar-refractivity contribution in [3.05, 3.63) is 41.6 Å². The van der Waals surface area contributed by atoms with E-state index in [9.17, 15) is 0 Å². The third kappa shape index (κ3) is 3.23. The summed E-state index contributed by atoms with van der Waals surface area (Å²) in [7, 11) is 0. The van der Waals surface area contributed by atoms with Crippen LogP contribution in [0.3, 0.4) is 0 Å². The molecule has 0 aliphatic carbocycles. The van der Waals surface area contributed by atoms with E-state index in [2.05, 4.69) is 35.0 Å². The molecule has 0 radical (unpaired) electrons. The summed E-state index contributed by atoms with van der Waals surface area (Å²) in [5.41, 5.74) is 2.32. The van der Waals surface area contributed by atoms with E-state index < -0.39 is 0 Å². The molecule has 1 N–H and O–H groups in total. The van der Waals surface area contributed by atoms with Crippen molar-refractivity contribution in [1.29, 1.82) is 0 Å². The summed E-state index contributed by atoms with van der Waals surface area (Å²) in [4.78, 5) is 0. The van der Waals surface area contributed by atoms with Crippen LogP contribution in [0.1, 0.15) is 36.5 Å². The largest absolute Gasteiger partial charge is 0.468 e. The van der Waals surface area contributed by atoms with Crippen LogP contribution in [0.4, 0.5) is 0 Å². The SMILES string of the molecule is Cc1cc(C)n(CCCNC(C)c2ccco2)n1. The van der Waals surface area contributed by atoms with E-state index in [-0.39, 0.29) is 6.04 Å². The summed E-state index contributed by atoms with van der Waals surface area (Å²) in [6, 6.07) is 6.29. The molecule has 0 aromatic carbocycles. The Hall–Kier alpha value is -1.55. The number of nitrogens with zero attached hydrogens (tertiary/aromatic N) is 2. The van der Waals surface area contributed by atoms with E-state index in [4.69, 9.17) is 4.42 Å². The minimum absolute atomic E-state index is 0.264. The molecule has 2 aromatic heterocycles. The second-order valence-corrected chi connectivity index (χ2v) is 4.70. The molecule has 18 heavy (non-hydrogen) atoms. The van der Waals surface area contributed by atoms with Gasteiger partial charge in [0.2, 0.25) is 0 Å². The molecule has 0 bridgehead atoms. The van der Waals surface area contributed by atoms with Crippen molar-refractivity contribution in [3.8, 4) is 0 Å². The van der Waals surface area contributed by atoms with Crippen LogP contribution in [0, 0.1) is 13.8 Å². The average molecular weight is 247 g/mol. The molecule has 1 unspecified atom stereocenters. The molecule has 2 aromatic rings. The van der Waals surface area contributed by atoms with E-state index >= 15 is 0 Å². The van der Waals surface area contributed by atoms with E-state index in [1.807, 2.05) is 19.1 Å². The van der Waals surface area contributed by atoms with Crippen molar-refractivity contribution < 1.29 is 4.42 Å². The Balaban J connectivity index is 1.72. The first-order chi connectivity index (χ1) is 8.66. The van der Waals surface area contributed by atoms with E-state index in [0.29, 0.717) is 0 Å². The molecular weight excluding hydrogens is 226 g/mol. The maximum atomic E-state index is 5.35. The molecular formula is C14H21N3O. The first-order valence-electron chi connectivity index (χ1n) is 6.44. The summed E-state index contributed by atoms with van der Waals surface area (Å²) in [6.07, 6.45) is 2.77. The zero-order valence-corrected chi connectivity index (χ0v) is 11.3. The van der Waals surface area contributed by atoms with Gasteiger partial charge in [0.1, 0.15) is 5.76 Å². The lowest BCUT2D eigenvalue weighted by Crippen LogP contribution is -2.21. The normalized spacial score (nSPS) is 12.8. The fraction of sp³-hybridized carbons (Fsp3) is 0.500. The van der Waals surface area contributed by atoms with Gasteiger partial charge in [-0.3, -0.25) is 4.68 Å². The van der Waals surface area contributed by atoms with Gasteiger partial charge in [-0.05, 0) is 51.9 Å². The van der Waals surface area contributed by atoms with Gasteiger partial charge in [-0.15, -0.1) is 0 Å². The molecule has 0 aliphatic rings. The third-order valence-electron chi connectivity index (χ3n) is 3.07. The van der Waals surface area contributed by atoms with E-state index in [1.54, 1.807) is 6.26 Å². The lowest BCUT2D eigenvalue weighted by molar-refractivity contribution is 0.420. The molecule has 0 spiro atoms. The Morgan fingerprint density at radius 1 is 1.44 bits per heavy atom. The van der Waals surface area contributed by atoms with Gasteiger partial charge in [0.05, 0.1) is 18.0 Å². The van der Waals surface area contributed by atoms with Gasteiger partial charge in [-0.2, -0.15) is 5.10 Å². The third-order valence-corrected chi connectivity index (χ3v) is 3.07. The Morgan fingerprint density at radius 3 is 2.89 bits per heavy atom. The Bertz CT molecular complexity index is 473. The summed E-state index contributed by atoms with van der Waals surface area (Å²) in [5, 5.41) is 7.89. The van der Waals surface area contributed by atoms with Crippen LogP contribution in [0.25, 0.3) is 0 Å². The Labute approximate surface area is 108 Å². The van der Waals surface area contributed by atoms with E-state index in [1.165, 1.54) is 5.69 Å². The molecule has 0 amide bonds. The molecule has 4 nitrogen and oxygen atoms in total. The van der Waals surface area contributed by atoms with Crippen LogP contribution in [0.2, 0.25) is 0 Å². The lowest BCUT2D eigenvalue weighted by Gasteiger charge is -2.11. The minimum atomic E-state index is 0.264. The number of aromatic nitrogens is 2. The highest BCUT2D eigenvalue weighted by Gasteiger charge is 2.06. The predicted molar refractivity (Wildman–Crippen MR) is 71.4 cm³/mol. The maximum Gasteiger partial charge on any atom is 0.120 e. The Morgan fingerprint density at radius 2 is 2.28 bits per heavy atom. The highest BCUT2D eigenvalue weighted by Crippen LogP contribution is 2.11. The minimum Gasteiger partial charge on any atom is -0.468 e. The van der Waals surface area contributed by atoms with Gasteiger partial charge in [0, 0.05) is 12.2 Å². The van der Waals surface area contributed by atoms with Crippen molar-refractivity contribution in [3.63, 3.8) is 0 Å². The molecule has 98 valence electrons. The summed E-state index contributed by atoms with van der Waals surface area (Å²) < 4.78 is 7.42. The van der Waals surface area contributed by atoms with Crippen molar-refractivity contribution in [2.24, 2.45) is 0 Å². The quantitative estimate of drug-likeness (QED) is 0.798. The van der Waals surface area contributed by atoms with Gasteiger partial charge in [-0.1, -0.05) is 0 Å². The molecule has 1 atom stereocenters. The van der Waals surface area contributed by atoms with Crippen LogP contribution in [0.5, 0.6) is 0 Å². The first kappa shape index (κ1) is 12.9. The van der Waals surface area contributed by atoms with Gasteiger partial charge >= 0.3 is 0 Å². The molecule has 2 heterocycles. The van der Waals surface area contributed by atoms with Gasteiger partial charge < -0.3 is 9.73 Å². The van der Waals surface area contributed by atoms with Crippen LogP contribution < -0.4 is 5.32 Å². The lowest BCUT2D eigenvalue weighted by atomic mass is 10.2. The van der Waals surface area contributed by atoms with Crippen LogP contribution in [-0.2, 0) is 6.54 Å². The molecule has 0 fully saturated rings. The summed E-state index contributed by atoms with van der Waals surface area (Å²) >= 11 is 0. The predicted octanol–water partition coefficient (Wildman–Crippen LogP) is 2.83. The van der Waals surface area contributed by atoms with Gasteiger partial charge in [0.15, 0.2) is 0 Å². The maximum absolute atomic E-state index is 5.35. The second kappa shape index (κ2) is 5.87. The number of furan rings is 1. The van der Waals surface area contributed by atoms with Crippen molar-refractivity contribution in [2.45, 2.75) is 39.8 Å². The number of hydrogen-bond acceptors (Lipinski definition) is 3. The topological polar surface area (TPSA) is 43.0 Å². The monoisotopic (exact) mass is 247 g/mol. The zero-order valence-electron chi connectivity index (χ0n) is 11.3. The number of aryl methyl sites for hydroxylation is 3. The molecule has 0 saturated carbocycles. The van der Waals surface area contributed by atoms with E-state index in [0.717, 1.165) is 31.0 Å². The van der Waals surface area contributed by atoms with Crippen LogP contribution in [-0.4, -0.2) is 16.3 Å². The molecule has 0 aliphatic heterocycles. The van der Waals surface area contributed by atoms with Gasteiger partial charge in [-0.25, -0.2) is 0 Å². The standard InChI is InChI=1S/C14H21N3O/c1-11-10-12(2)17(16-11)8-5-7-15-13(3)14-6-4-9-18-14/h4,6,9-10,13,15H,5,7-8H2,1-3H3. The number of nitrogens with one attached hydrogen (secondary N) is 1. The molecule has 2 rings (SSSR count). The smallest absolute Gasteiger partial charge is 0.120 e. The fourth-order valence-electron chi connectivity index (χ4n) is 2.09. The average Bonchev–Trinajstić information content (AvgIpc) is 2.94. The van der Waals surface area contributed by atoms with Crippen LogP contribution in [0.15, 0.2) is 28.9 Å². The zero-order chi connectivity index (χ0) is 13.0. The number of rotatable bonds is 6. The first-order valence-corrected chi connectivity index (χ1v) is 6.44. The summed E-state index contributed by atoms with van der Waals surface area (Å²) in [6.45, 7) is 8.15. The van der Waals surface area contributed by atoms with Gasteiger partial charge in [0.25, 0.3) is 0 Å². The Kier molecular flexibility index (Phi) is 4.20. The van der Waals surface area contributed by atoms with Crippen molar-refractivity contribution >= 4 is 0 Å². The highest BCUT2D eigenvalue weighted by atomic mass is 16.3. The number of hydrogen-bond donors (Lipinski definition) is 1.